The number of rotatable bonds is 21. The first-order valence-electron chi connectivity index (χ1n) is 13.5. The summed E-state index contributed by atoms with van der Waals surface area (Å²) >= 11 is 0. The summed E-state index contributed by atoms with van der Waals surface area (Å²) < 4.78 is 0. The van der Waals surface area contributed by atoms with Crippen LogP contribution in [0.5, 0.6) is 0 Å². The quantitative estimate of drug-likeness (QED) is 0.176. The lowest BCUT2D eigenvalue weighted by molar-refractivity contribution is 0.159. The summed E-state index contributed by atoms with van der Waals surface area (Å²) in [4.78, 5) is 5.04. The first kappa shape index (κ1) is 26.4. The van der Waals surface area contributed by atoms with Crippen LogP contribution >= 0.6 is 0 Å². The molecule has 1 unspecified atom stereocenters. The Bertz CT molecular complexity index is 366. The topological polar surface area (TPSA) is 6.48 Å². The molecule has 0 aromatic heterocycles. The van der Waals surface area contributed by atoms with Crippen LogP contribution in [0.4, 0.5) is 0 Å². The molecule has 0 N–H and O–H groups in total. The van der Waals surface area contributed by atoms with E-state index in [0.717, 1.165) is 0 Å². The standard InChI is InChI=1S/C27H54N2/c1-4-6-8-10-12-14-15-16-18-20-22-24-29-26-25-28(3)27(29)23-21-19-17-13-11-9-7-5-2/h25-27H,4-24H2,1-3H3. The molecule has 0 fully saturated rings. The fourth-order valence-corrected chi connectivity index (χ4v) is 4.64. The van der Waals surface area contributed by atoms with Crippen LogP contribution in [0.3, 0.4) is 0 Å². The zero-order valence-electron chi connectivity index (χ0n) is 20.5. The summed E-state index contributed by atoms with van der Waals surface area (Å²) in [5.74, 6) is 0. The molecule has 0 amide bonds. The average Bonchev–Trinajstić information content (AvgIpc) is 3.07. The second-order valence-electron chi connectivity index (χ2n) is 9.48. The van der Waals surface area contributed by atoms with Crippen molar-refractivity contribution >= 4 is 0 Å². The molecular weight excluding hydrogens is 352 g/mol. The van der Waals surface area contributed by atoms with Crippen LogP contribution in [0.2, 0.25) is 0 Å². The maximum atomic E-state index is 2.61. The molecule has 0 aliphatic carbocycles. The average molecular weight is 407 g/mol. The van der Waals surface area contributed by atoms with Gasteiger partial charge in [0.25, 0.3) is 0 Å². The number of hydrogen-bond acceptors (Lipinski definition) is 2. The smallest absolute Gasteiger partial charge is 0.100 e. The van der Waals surface area contributed by atoms with E-state index in [1.165, 1.54) is 135 Å². The maximum Gasteiger partial charge on any atom is 0.100 e. The summed E-state index contributed by atoms with van der Waals surface area (Å²) in [6.45, 7) is 5.85. The molecule has 172 valence electrons. The predicted molar refractivity (Wildman–Crippen MR) is 131 cm³/mol. The molecule has 2 nitrogen and oxygen atoms in total. The van der Waals surface area contributed by atoms with Crippen LogP contribution in [0.15, 0.2) is 12.4 Å². The Morgan fingerprint density at radius 3 is 1.41 bits per heavy atom. The van der Waals surface area contributed by atoms with Gasteiger partial charge in [0, 0.05) is 26.0 Å². The van der Waals surface area contributed by atoms with E-state index in [4.69, 9.17) is 0 Å². The monoisotopic (exact) mass is 406 g/mol. The minimum Gasteiger partial charge on any atom is -0.359 e. The van der Waals surface area contributed by atoms with Crippen molar-refractivity contribution in [3.05, 3.63) is 12.4 Å². The number of hydrogen-bond donors (Lipinski definition) is 0. The van der Waals surface area contributed by atoms with E-state index in [-0.39, 0.29) is 0 Å². The van der Waals surface area contributed by atoms with Crippen LogP contribution < -0.4 is 0 Å². The van der Waals surface area contributed by atoms with E-state index in [9.17, 15) is 0 Å². The molecule has 1 aliphatic rings. The highest BCUT2D eigenvalue weighted by atomic mass is 15.4. The van der Waals surface area contributed by atoms with E-state index in [1.54, 1.807) is 0 Å². The lowest BCUT2D eigenvalue weighted by Gasteiger charge is -2.30. The van der Waals surface area contributed by atoms with Gasteiger partial charge in [-0.25, -0.2) is 0 Å². The molecule has 1 atom stereocenters. The summed E-state index contributed by atoms with van der Waals surface area (Å²) in [6.07, 6.45) is 33.7. The Labute approximate surface area is 184 Å². The van der Waals surface area contributed by atoms with Crippen LogP contribution in [0.25, 0.3) is 0 Å². The molecule has 1 aliphatic heterocycles. The van der Waals surface area contributed by atoms with Crippen LogP contribution in [-0.2, 0) is 0 Å². The Morgan fingerprint density at radius 1 is 0.517 bits per heavy atom. The van der Waals surface area contributed by atoms with Gasteiger partial charge in [-0.1, -0.05) is 123 Å². The third kappa shape index (κ3) is 14.1. The van der Waals surface area contributed by atoms with E-state index in [1.807, 2.05) is 0 Å². The van der Waals surface area contributed by atoms with Crippen molar-refractivity contribution < 1.29 is 0 Å². The maximum absolute atomic E-state index is 2.61. The van der Waals surface area contributed by atoms with Crippen LogP contribution in [-0.4, -0.2) is 29.6 Å². The molecule has 1 rings (SSSR count). The van der Waals surface area contributed by atoms with Crippen molar-refractivity contribution in [2.45, 2.75) is 148 Å². The zero-order chi connectivity index (χ0) is 21.0. The predicted octanol–water partition coefficient (Wildman–Crippen LogP) is 8.87. The Morgan fingerprint density at radius 2 is 0.931 bits per heavy atom. The van der Waals surface area contributed by atoms with E-state index < -0.39 is 0 Å². The molecule has 0 aromatic carbocycles. The lowest BCUT2D eigenvalue weighted by Crippen LogP contribution is -2.37. The normalized spacial score (nSPS) is 16.3. The van der Waals surface area contributed by atoms with Gasteiger partial charge in [-0.3, -0.25) is 0 Å². The SMILES string of the molecule is CCCCCCCCCCCCCN1C=CN(C)C1CCCCCCCCCC. The van der Waals surface area contributed by atoms with Crippen LogP contribution in [0, 0.1) is 0 Å². The highest BCUT2D eigenvalue weighted by Crippen LogP contribution is 2.21. The van der Waals surface area contributed by atoms with Crippen molar-refractivity contribution in [3.8, 4) is 0 Å². The van der Waals surface area contributed by atoms with Gasteiger partial charge in [-0.15, -0.1) is 0 Å². The summed E-state index contributed by atoms with van der Waals surface area (Å²) in [6, 6.07) is 0. The third-order valence-corrected chi connectivity index (χ3v) is 6.68. The van der Waals surface area contributed by atoms with Crippen molar-refractivity contribution in [3.63, 3.8) is 0 Å². The second kappa shape index (κ2) is 19.3. The van der Waals surface area contributed by atoms with Gasteiger partial charge in [0.1, 0.15) is 6.17 Å². The molecule has 0 saturated carbocycles. The third-order valence-electron chi connectivity index (χ3n) is 6.68. The molecule has 0 bridgehead atoms. The Hall–Kier alpha value is -0.660. The van der Waals surface area contributed by atoms with E-state index in [2.05, 4.69) is 43.1 Å². The molecule has 0 saturated heterocycles. The highest BCUT2D eigenvalue weighted by Gasteiger charge is 2.22. The van der Waals surface area contributed by atoms with Crippen molar-refractivity contribution in [1.29, 1.82) is 0 Å². The Kier molecular flexibility index (Phi) is 17.6. The van der Waals surface area contributed by atoms with Crippen molar-refractivity contribution in [1.82, 2.24) is 9.80 Å². The Balaban J connectivity index is 1.96. The number of unbranched alkanes of at least 4 members (excludes halogenated alkanes) is 17. The van der Waals surface area contributed by atoms with Crippen LogP contribution in [0.1, 0.15) is 142 Å². The first-order chi connectivity index (χ1) is 14.3. The van der Waals surface area contributed by atoms with Gasteiger partial charge in [0.15, 0.2) is 0 Å². The number of nitrogens with zero attached hydrogens (tertiary/aromatic N) is 2. The van der Waals surface area contributed by atoms with Gasteiger partial charge >= 0.3 is 0 Å². The first-order valence-corrected chi connectivity index (χ1v) is 13.5. The molecule has 0 spiro atoms. The molecule has 1 heterocycles. The summed E-state index contributed by atoms with van der Waals surface area (Å²) in [5, 5.41) is 0. The molecule has 29 heavy (non-hydrogen) atoms. The highest BCUT2D eigenvalue weighted by molar-refractivity contribution is 4.95. The van der Waals surface area contributed by atoms with Gasteiger partial charge in [-0.2, -0.15) is 0 Å². The van der Waals surface area contributed by atoms with E-state index in [0.29, 0.717) is 6.17 Å². The second-order valence-corrected chi connectivity index (χ2v) is 9.48. The van der Waals surface area contributed by atoms with Gasteiger partial charge < -0.3 is 9.80 Å². The molecule has 0 aromatic rings. The zero-order valence-corrected chi connectivity index (χ0v) is 20.5. The summed E-state index contributed by atoms with van der Waals surface area (Å²) in [5.41, 5.74) is 0. The van der Waals surface area contributed by atoms with Gasteiger partial charge in [0.2, 0.25) is 0 Å². The fourth-order valence-electron chi connectivity index (χ4n) is 4.64. The fraction of sp³-hybridized carbons (Fsp3) is 0.926. The minimum absolute atomic E-state index is 0.623. The lowest BCUT2D eigenvalue weighted by atomic mass is 10.1. The molecule has 2 heteroatoms. The minimum atomic E-state index is 0.623. The van der Waals surface area contributed by atoms with E-state index >= 15 is 0 Å². The van der Waals surface area contributed by atoms with Crippen molar-refractivity contribution in [2.75, 3.05) is 13.6 Å². The van der Waals surface area contributed by atoms with Crippen molar-refractivity contribution in [2.24, 2.45) is 0 Å². The van der Waals surface area contributed by atoms with Gasteiger partial charge in [-0.05, 0) is 19.3 Å². The van der Waals surface area contributed by atoms with Gasteiger partial charge in [0.05, 0.1) is 0 Å². The molecule has 0 radical (unpaired) electrons. The molecular formula is C27H54N2. The largest absolute Gasteiger partial charge is 0.359 e. The summed E-state index contributed by atoms with van der Waals surface area (Å²) in [7, 11) is 2.26.